The molecule has 2 amide bonds. The molecule has 2 rings (SSSR count). The topological polar surface area (TPSA) is 54.5 Å². The molecule has 1 heterocycles. The molecule has 0 fully saturated rings. The lowest BCUT2D eigenvalue weighted by Gasteiger charge is -2.18. The molecule has 0 atom stereocenters. The first-order valence-electron chi connectivity index (χ1n) is 8.28. The largest absolute Gasteiger partial charge is 0.492 e. The van der Waals surface area contributed by atoms with Crippen LogP contribution in [0, 0.1) is 0 Å². The van der Waals surface area contributed by atoms with Gasteiger partial charge in [-0.3, -0.25) is 4.98 Å². The molecule has 0 aliphatic rings. The Balaban J connectivity index is 1.63. The van der Waals surface area contributed by atoms with E-state index in [0.29, 0.717) is 19.7 Å². The van der Waals surface area contributed by atoms with E-state index >= 15 is 0 Å². The number of aryl methyl sites for hydroxylation is 1. The molecule has 0 aliphatic carbocycles. The van der Waals surface area contributed by atoms with E-state index in [9.17, 15) is 4.79 Å². The highest BCUT2D eigenvalue weighted by Crippen LogP contribution is 2.12. The summed E-state index contributed by atoms with van der Waals surface area (Å²) in [5, 5.41) is 2.86. The number of pyridine rings is 1. The lowest BCUT2D eigenvalue weighted by atomic mass is 10.2. The Morgan fingerprint density at radius 1 is 1.12 bits per heavy atom. The maximum absolute atomic E-state index is 12.0. The fourth-order valence-corrected chi connectivity index (χ4v) is 2.23. The van der Waals surface area contributed by atoms with Crippen LogP contribution in [0.4, 0.5) is 4.79 Å². The summed E-state index contributed by atoms with van der Waals surface area (Å²) in [7, 11) is 1.79. The van der Waals surface area contributed by atoms with E-state index < -0.39 is 0 Å². The fourth-order valence-electron chi connectivity index (χ4n) is 2.23. The molecule has 0 spiro atoms. The number of urea groups is 1. The van der Waals surface area contributed by atoms with Gasteiger partial charge in [0.25, 0.3) is 0 Å². The van der Waals surface area contributed by atoms with Crippen LogP contribution in [-0.2, 0) is 12.8 Å². The quantitative estimate of drug-likeness (QED) is 0.759. The molecule has 0 aliphatic heterocycles. The predicted molar refractivity (Wildman–Crippen MR) is 95.3 cm³/mol. The number of aromatic nitrogens is 1. The van der Waals surface area contributed by atoms with Crippen LogP contribution in [0.3, 0.4) is 0 Å². The van der Waals surface area contributed by atoms with Gasteiger partial charge in [0.2, 0.25) is 0 Å². The van der Waals surface area contributed by atoms with E-state index in [1.807, 2.05) is 24.3 Å². The van der Waals surface area contributed by atoms with Crippen LogP contribution >= 0.6 is 0 Å². The van der Waals surface area contributed by atoms with E-state index in [1.165, 1.54) is 11.1 Å². The van der Waals surface area contributed by atoms with Crippen molar-refractivity contribution in [3.63, 3.8) is 0 Å². The van der Waals surface area contributed by atoms with Crippen LogP contribution in [0.5, 0.6) is 5.75 Å². The van der Waals surface area contributed by atoms with Crippen molar-refractivity contribution in [1.29, 1.82) is 0 Å². The third-order valence-electron chi connectivity index (χ3n) is 3.81. The molecular formula is C19H25N3O2. The first-order valence-corrected chi connectivity index (χ1v) is 8.28. The maximum Gasteiger partial charge on any atom is 0.317 e. The van der Waals surface area contributed by atoms with Crippen molar-refractivity contribution in [2.75, 3.05) is 26.7 Å². The minimum absolute atomic E-state index is 0.0889. The number of rotatable bonds is 8. The molecule has 0 unspecified atom stereocenters. The minimum atomic E-state index is -0.0889. The zero-order chi connectivity index (χ0) is 17.2. The maximum atomic E-state index is 12.0. The minimum Gasteiger partial charge on any atom is -0.492 e. The van der Waals surface area contributed by atoms with E-state index in [1.54, 1.807) is 24.3 Å². The molecule has 128 valence electrons. The SMILES string of the molecule is CCc1ccc(OCCNC(=O)N(C)CCc2ccncc2)cc1. The van der Waals surface area contributed by atoms with Crippen molar-refractivity contribution < 1.29 is 9.53 Å². The standard InChI is InChI=1S/C19H25N3O2/c1-3-16-4-6-18(7-5-16)24-15-13-21-19(23)22(2)14-10-17-8-11-20-12-9-17/h4-9,11-12H,3,10,13-15H2,1-2H3,(H,21,23). The van der Waals surface area contributed by atoms with Crippen molar-refractivity contribution >= 4 is 6.03 Å². The molecule has 1 N–H and O–H groups in total. The summed E-state index contributed by atoms with van der Waals surface area (Å²) in [5.41, 5.74) is 2.45. The average molecular weight is 327 g/mol. The van der Waals surface area contributed by atoms with Crippen LogP contribution in [0.2, 0.25) is 0 Å². The van der Waals surface area contributed by atoms with Gasteiger partial charge in [-0.15, -0.1) is 0 Å². The zero-order valence-electron chi connectivity index (χ0n) is 14.4. The van der Waals surface area contributed by atoms with Gasteiger partial charge in [0.1, 0.15) is 12.4 Å². The Kier molecular flexibility index (Phi) is 7.08. The Labute approximate surface area is 143 Å². The molecule has 5 nitrogen and oxygen atoms in total. The van der Waals surface area contributed by atoms with Gasteiger partial charge in [-0.25, -0.2) is 4.79 Å². The van der Waals surface area contributed by atoms with Crippen molar-refractivity contribution in [2.45, 2.75) is 19.8 Å². The number of hydrogen-bond donors (Lipinski definition) is 1. The van der Waals surface area contributed by atoms with Crippen molar-refractivity contribution in [2.24, 2.45) is 0 Å². The van der Waals surface area contributed by atoms with Gasteiger partial charge in [0, 0.05) is 26.0 Å². The number of ether oxygens (including phenoxy) is 1. The Bertz CT molecular complexity index is 614. The van der Waals surface area contributed by atoms with Gasteiger partial charge in [0.15, 0.2) is 0 Å². The number of hydrogen-bond acceptors (Lipinski definition) is 3. The number of carbonyl (C=O) groups is 1. The van der Waals surface area contributed by atoms with Gasteiger partial charge < -0.3 is 15.0 Å². The zero-order valence-corrected chi connectivity index (χ0v) is 14.4. The van der Waals surface area contributed by atoms with E-state index in [0.717, 1.165) is 18.6 Å². The Morgan fingerprint density at radius 2 is 1.83 bits per heavy atom. The lowest BCUT2D eigenvalue weighted by molar-refractivity contribution is 0.206. The number of benzene rings is 1. The summed E-state index contributed by atoms with van der Waals surface area (Å²) in [5.74, 6) is 0.826. The first-order chi connectivity index (χ1) is 11.7. The van der Waals surface area contributed by atoms with Gasteiger partial charge in [-0.2, -0.15) is 0 Å². The number of nitrogens with one attached hydrogen (secondary N) is 1. The number of carbonyl (C=O) groups excluding carboxylic acids is 1. The molecule has 5 heteroatoms. The lowest BCUT2D eigenvalue weighted by Crippen LogP contribution is -2.40. The summed E-state index contributed by atoms with van der Waals surface area (Å²) in [6.45, 7) is 3.72. The predicted octanol–water partition coefficient (Wildman–Crippen LogP) is 2.91. The highest BCUT2D eigenvalue weighted by Gasteiger charge is 2.07. The first kappa shape index (κ1) is 17.8. The third-order valence-corrected chi connectivity index (χ3v) is 3.81. The summed E-state index contributed by atoms with van der Waals surface area (Å²) < 4.78 is 5.62. The fraction of sp³-hybridized carbons (Fsp3) is 0.368. The van der Waals surface area contributed by atoms with Crippen molar-refractivity contribution in [3.8, 4) is 5.75 Å². The average Bonchev–Trinajstić information content (AvgIpc) is 2.64. The third kappa shape index (κ3) is 5.91. The van der Waals surface area contributed by atoms with Crippen LogP contribution < -0.4 is 10.1 Å². The molecule has 0 saturated heterocycles. The highest BCUT2D eigenvalue weighted by atomic mass is 16.5. The van der Waals surface area contributed by atoms with Gasteiger partial charge in [-0.05, 0) is 48.2 Å². The van der Waals surface area contributed by atoms with Crippen LogP contribution in [-0.4, -0.2) is 42.7 Å². The molecule has 24 heavy (non-hydrogen) atoms. The van der Waals surface area contributed by atoms with Gasteiger partial charge in [-0.1, -0.05) is 19.1 Å². The smallest absolute Gasteiger partial charge is 0.317 e. The molecule has 2 aromatic rings. The normalized spacial score (nSPS) is 10.2. The van der Waals surface area contributed by atoms with Crippen LogP contribution in [0.15, 0.2) is 48.8 Å². The summed E-state index contributed by atoms with van der Waals surface area (Å²) in [6, 6.07) is 11.9. The molecule has 1 aromatic carbocycles. The summed E-state index contributed by atoms with van der Waals surface area (Å²) >= 11 is 0. The summed E-state index contributed by atoms with van der Waals surface area (Å²) in [6.07, 6.45) is 5.36. The van der Waals surface area contributed by atoms with Gasteiger partial charge >= 0.3 is 6.03 Å². The second-order valence-corrected chi connectivity index (χ2v) is 5.60. The second kappa shape index (κ2) is 9.55. The van der Waals surface area contributed by atoms with Crippen LogP contribution in [0.1, 0.15) is 18.1 Å². The Hall–Kier alpha value is -2.56. The highest BCUT2D eigenvalue weighted by molar-refractivity contribution is 5.73. The van der Waals surface area contributed by atoms with Crippen molar-refractivity contribution in [1.82, 2.24) is 15.2 Å². The monoisotopic (exact) mass is 327 g/mol. The van der Waals surface area contributed by atoms with E-state index in [-0.39, 0.29) is 6.03 Å². The second-order valence-electron chi connectivity index (χ2n) is 5.60. The molecule has 0 bridgehead atoms. The number of likely N-dealkylation sites (N-methyl/N-ethyl adjacent to an activating group) is 1. The number of amides is 2. The van der Waals surface area contributed by atoms with E-state index in [4.69, 9.17) is 4.74 Å². The number of nitrogens with zero attached hydrogens (tertiary/aromatic N) is 2. The Morgan fingerprint density at radius 3 is 2.50 bits per heavy atom. The molecular weight excluding hydrogens is 302 g/mol. The van der Waals surface area contributed by atoms with Gasteiger partial charge in [0.05, 0.1) is 6.54 Å². The van der Waals surface area contributed by atoms with Crippen molar-refractivity contribution in [3.05, 3.63) is 59.9 Å². The van der Waals surface area contributed by atoms with E-state index in [2.05, 4.69) is 29.4 Å². The molecule has 1 aromatic heterocycles. The van der Waals surface area contributed by atoms with Crippen LogP contribution in [0.25, 0.3) is 0 Å². The summed E-state index contributed by atoms with van der Waals surface area (Å²) in [4.78, 5) is 17.7. The molecule has 0 radical (unpaired) electrons. The molecule has 0 saturated carbocycles.